The molecule has 1 aromatic rings. The van der Waals surface area contributed by atoms with E-state index in [0.717, 1.165) is 5.56 Å². The van der Waals surface area contributed by atoms with Gasteiger partial charge in [-0.1, -0.05) is 30.3 Å². The lowest BCUT2D eigenvalue weighted by Crippen LogP contribution is -2.23. The van der Waals surface area contributed by atoms with Crippen molar-refractivity contribution in [2.45, 2.75) is 18.9 Å². The zero-order valence-corrected chi connectivity index (χ0v) is 8.82. The molecule has 3 heteroatoms. The molecule has 0 heterocycles. The lowest BCUT2D eigenvalue weighted by atomic mass is 10.0. The van der Waals surface area contributed by atoms with Gasteiger partial charge in [0.15, 0.2) is 0 Å². The van der Waals surface area contributed by atoms with Gasteiger partial charge in [-0.05, 0) is 24.9 Å². The number of hydrogen-bond donors (Lipinski definition) is 2. The summed E-state index contributed by atoms with van der Waals surface area (Å²) in [5.74, 6) is 0. The molecule has 0 spiro atoms. The Labute approximate surface area is 90.1 Å². The smallest absolute Gasteiger partial charge is 0.0906 e. The standard InChI is InChI=1S/C12H18FNO/c13-8-4-9-14-12(7-10-15)11-5-2-1-3-6-11/h1-3,5-6,12,14-15H,4,7-10H2. The molecular weight excluding hydrogens is 193 g/mol. The maximum atomic E-state index is 11.9. The third-order valence-corrected chi connectivity index (χ3v) is 2.32. The van der Waals surface area contributed by atoms with Crippen molar-refractivity contribution in [1.82, 2.24) is 5.32 Å². The van der Waals surface area contributed by atoms with Crippen molar-refractivity contribution in [2.75, 3.05) is 19.8 Å². The summed E-state index contributed by atoms with van der Waals surface area (Å²) in [5, 5.41) is 12.2. The molecule has 15 heavy (non-hydrogen) atoms. The molecule has 2 nitrogen and oxygen atoms in total. The Balaban J connectivity index is 2.50. The molecule has 0 radical (unpaired) electrons. The van der Waals surface area contributed by atoms with Gasteiger partial charge in [0.1, 0.15) is 0 Å². The van der Waals surface area contributed by atoms with Crippen molar-refractivity contribution in [1.29, 1.82) is 0 Å². The summed E-state index contributed by atoms with van der Waals surface area (Å²) in [6.45, 7) is 0.492. The summed E-state index contributed by atoms with van der Waals surface area (Å²) in [5.41, 5.74) is 1.14. The number of aliphatic hydroxyl groups excluding tert-OH is 1. The fraction of sp³-hybridized carbons (Fsp3) is 0.500. The molecule has 0 aliphatic rings. The Hall–Kier alpha value is -0.930. The SMILES string of the molecule is OCCC(NCCCF)c1ccccc1. The van der Waals surface area contributed by atoms with Crippen LogP contribution in [-0.2, 0) is 0 Å². The summed E-state index contributed by atoms with van der Waals surface area (Å²) in [6.07, 6.45) is 1.19. The van der Waals surface area contributed by atoms with E-state index in [2.05, 4.69) is 5.32 Å². The highest BCUT2D eigenvalue weighted by molar-refractivity contribution is 5.18. The minimum atomic E-state index is -0.298. The van der Waals surface area contributed by atoms with Crippen LogP contribution in [0.1, 0.15) is 24.4 Å². The number of halogens is 1. The predicted octanol–water partition coefficient (Wildman–Crippen LogP) is 2.06. The van der Waals surface area contributed by atoms with E-state index in [4.69, 9.17) is 5.11 Å². The number of aliphatic hydroxyl groups is 1. The number of alkyl halides is 1. The molecule has 0 bridgehead atoms. The maximum absolute atomic E-state index is 11.9. The highest BCUT2D eigenvalue weighted by Crippen LogP contribution is 2.15. The highest BCUT2D eigenvalue weighted by Gasteiger charge is 2.08. The van der Waals surface area contributed by atoms with Crippen molar-refractivity contribution < 1.29 is 9.50 Å². The lowest BCUT2D eigenvalue weighted by molar-refractivity contribution is 0.264. The van der Waals surface area contributed by atoms with Crippen LogP contribution in [0, 0.1) is 0 Å². The van der Waals surface area contributed by atoms with Crippen LogP contribution in [0.3, 0.4) is 0 Å². The van der Waals surface area contributed by atoms with Crippen LogP contribution in [-0.4, -0.2) is 24.9 Å². The molecule has 2 N–H and O–H groups in total. The van der Waals surface area contributed by atoms with E-state index in [9.17, 15) is 4.39 Å². The van der Waals surface area contributed by atoms with E-state index in [1.54, 1.807) is 0 Å². The van der Waals surface area contributed by atoms with E-state index in [1.165, 1.54) is 0 Å². The monoisotopic (exact) mass is 211 g/mol. The van der Waals surface area contributed by atoms with Gasteiger partial charge in [-0.3, -0.25) is 4.39 Å². The first-order valence-corrected chi connectivity index (χ1v) is 5.33. The fourth-order valence-corrected chi connectivity index (χ4v) is 1.54. The number of hydrogen-bond acceptors (Lipinski definition) is 2. The topological polar surface area (TPSA) is 32.3 Å². The van der Waals surface area contributed by atoms with Gasteiger partial charge in [-0.2, -0.15) is 0 Å². The first kappa shape index (κ1) is 12.1. The Morgan fingerprint density at radius 2 is 2.00 bits per heavy atom. The molecule has 1 rings (SSSR count). The van der Waals surface area contributed by atoms with Crippen LogP contribution in [0.2, 0.25) is 0 Å². The minimum absolute atomic E-state index is 0.128. The van der Waals surface area contributed by atoms with Crippen LogP contribution in [0.25, 0.3) is 0 Å². The van der Waals surface area contributed by atoms with Gasteiger partial charge in [-0.25, -0.2) is 0 Å². The summed E-state index contributed by atoms with van der Waals surface area (Å²) >= 11 is 0. The second-order valence-corrected chi connectivity index (χ2v) is 3.47. The fourth-order valence-electron chi connectivity index (χ4n) is 1.54. The molecule has 0 aliphatic heterocycles. The van der Waals surface area contributed by atoms with Crippen LogP contribution >= 0.6 is 0 Å². The zero-order valence-electron chi connectivity index (χ0n) is 8.82. The van der Waals surface area contributed by atoms with Crippen molar-refractivity contribution in [2.24, 2.45) is 0 Å². The molecule has 0 aromatic heterocycles. The Morgan fingerprint density at radius 1 is 1.27 bits per heavy atom. The molecule has 1 atom stereocenters. The second-order valence-electron chi connectivity index (χ2n) is 3.47. The van der Waals surface area contributed by atoms with E-state index < -0.39 is 0 Å². The minimum Gasteiger partial charge on any atom is -0.396 e. The third kappa shape index (κ3) is 4.40. The van der Waals surface area contributed by atoms with E-state index >= 15 is 0 Å². The molecule has 0 aliphatic carbocycles. The van der Waals surface area contributed by atoms with Gasteiger partial charge in [-0.15, -0.1) is 0 Å². The quantitative estimate of drug-likeness (QED) is 0.677. The summed E-state index contributed by atoms with van der Waals surface area (Å²) < 4.78 is 11.9. The molecule has 0 fully saturated rings. The summed E-state index contributed by atoms with van der Waals surface area (Å²) in [6, 6.07) is 10.1. The maximum Gasteiger partial charge on any atom is 0.0906 e. The van der Waals surface area contributed by atoms with Gasteiger partial charge >= 0.3 is 0 Å². The molecule has 0 amide bonds. The molecule has 0 saturated heterocycles. The Morgan fingerprint density at radius 3 is 2.60 bits per heavy atom. The van der Waals surface area contributed by atoms with Gasteiger partial charge in [0, 0.05) is 12.6 Å². The van der Waals surface area contributed by atoms with Crippen molar-refractivity contribution in [3.05, 3.63) is 35.9 Å². The first-order chi connectivity index (χ1) is 7.38. The number of benzene rings is 1. The molecular formula is C12H18FNO. The normalized spacial score (nSPS) is 12.7. The van der Waals surface area contributed by atoms with Crippen LogP contribution in [0.5, 0.6) is 0 Å². The van der Waals surface area contributed by atoms with Gasteiger partial charge in [0.2, 0.25) is 0 Å². The number of nitrogens with one attached hydrogen (secondary N) is 1. The van der Waals surface area contributed by atoms with Gasteiger partial charge in [0.25, 0.3) is 0 Å². The average Bonchev–Trinajstić information content (AvgIpc) is 2.29. The number of rotatable bonds is 7. The molecule has 84 valence electrons. The Kier molecular flexibility index (Phi) is 5.97. The van der Waals surface area contributed by atoms with Crippen molar-refractivity contribution >= 4 is 0 Å². The van der Waals surface area contributed by atoms with Crippen LogP contribution in [0.4, 0.5) is 4.39 Å². The molecule has 0 saturated carbocycles. The predicted molar refractivity (Wildman–Crippen MR) is 59.5 cm³/mol. The Bertz CT molecular complexity index is 253. The average molecular weight is 211 g/mol. The van der Waals surface area contributed by atoms with Crippen LogP contribution < -0.4 is 5.32 Å². The largest absolute Gasteiger partial charge is 0.396 e. The van der Waals surface area contributed by atoms with Crippen molar-refractivity contribution in [3.8, 4) is 0 Å². The van der Waals surface area contributed by atoms with Crippen molar-refractivity contribution in [3.63, 3.8) is 0 Å². The van der Waals surface area contributed by atoms with E-state index in [-0.39, 0.29) is 19.3 Å². The lowest BCUT2D eigenvalue weighted by Gasteiger charge is -2.17. The first-order valence-electron chi connectivity index (χ1n) is 5.33. The molecule has 1 unspecified atom stereocenters. The van der Waals surface area contributed by atoms with Crippen LogP contribution in [0.15, 0.2) is 30.3 Å². The summed E-state index contributed by atoms with van der Waals surface area (Å²) in [4.78, 5) is 0. The molecule has 1 aromatic carbocycles. The summed E-state index contributed by atoms with van der Waals surface area (Å²) in [7, 11) is 0. The zero-order chi connectivity index (χ0) is 10.9. The second kappa shape index (κ2) is 7.37. The van der Waals surface area contributed by atoms with E-state index in [0.29, 0.717) is 19.4 Å². The van der Waals surface area contributed by atoms with E-state index in [1.807, 2.05) is 30.3 Å². The van der Waals surface area contributed by atoms with Gasteiger partial charge < -0.3 is 10.4 Å². The third-order valence-electron chi connectivity index (χ3n) is 2.32. The highest BCUT2D eigenvalue weighted by atomic mass is 19.1. The van der Waals surface area contributed by atoms with Gasteiger partial charge in [0.05, 0.1) is 6.67 Å².